The zero-order chi connectivity index (χ0) is 15.2. The van der Waals surface area contributed by atoms with Crippen LogP contribution in [0, 0.1) is 0 Å². The molecule has 1 amide bonds. The van der Waals surface area contributed by atoms with Crippen molar-refractivity contribution in [1.29, 1.82) is 0 Å². The van der Waals surface area contributed by atoms with Gasteiger partial charge in [-0.15, -0.1) is 0 Å². The fourth-order valence-electron chi connectivity index (χ4n) is 2.97. The number of nitrogens with one attached hydrogen (secondary N) is 1. The van der Waals surface area contributed by atoms with E-state index in [-0.39, 0.29) is 5.91 Å². The topological polar surface area (TPSA) is 67.6 Å². The minimum absolute atomic E-state index is 0.257. The molecule has 3 unspecified atom stereocenters. The number of hydrogen-bond donors (Lipinski definition) is 2. The van der Waals surface area contributed by atoms with Gasteiger partial charge in [0, 0.05) is 13.1 Å². The predicted molar refractivity (Wildman–Crippen MR) is 81.6 cm³/mol. The van der Waals surface area contributed by atoms with Gasteiger partial charge in [-0.05, 0) is 53.1 Å². The summed E-state index contributed by atoms with van der Waals surface area (Å²) in [5.41, 5.74) is 4.92. The Kier molecular flexibility index (Phi) is 6.92. The van der Waals surface area contributed by atoms with Crippen LogP contribution < -0.4 is 11.1 Å². The fraction of sp³-hybridized carbons (Fsp3) is 0.933. The maximum atomic E-state index is 11.5. The summed E-state index contributed by atoms with van der Waals surface area (Å²) in [7, 11) is 0. The van der Waals surface area contributed by atoms with E-state index in [1.54, 1.807) is 0 Å². The van der Waals surface area contributed by atoms with E-state index >= 15 is 0 Å². The van der Waals surface area contributed by atoms with Gasteiger partial charge >= 0.3 is 0 Å². The van der Waals surface area contributed by atoms with Crippen molar-refractivity contribution in [3.63, 3.8) is 0 Å². The van der Waals surface area contributed by atoms with Crippen molar-refractivity contribution in [2.75, 3.05) is 26.2 Å². The zero-order valence-electron chi connectivity index (χ0n) is 13.4. The maximum Gasteiger partial charge on any atom is 0.237 e. The second kappa shape index (κ2) is 7.96. The molecule has 1 saturated heterocycles. The first kappa shape index (κ1) is 17.4. The van der Waals surface area contributed by atoms with Crippen LogP contribution in [0.5, 0.6) is 0 Å². The molecule has 1 fully saturated rings. The second-order valence-corrected chi connectivity index (χ2v) is 6.20. The standard InChI is InChI=1S/C15H31N3O2/c1-5-17-15(4,14(16)19)8-6-7-9-18-10-12(2)20-13(3)11-18/h12-13,17H,5-11H2,1-4H3,(H2,16,19). The molecule has 3 N–H and O–H groups in total. The molecule has 20 heavy (non-hydrogen) atoms. The number of likely N-dealkylation sites (N-methyl/N-ethyl adjacent to an activating group) is 1. The Hall–Kier alpha value is -0.650. The van der Waals surface area contributed by atoms with Crippen LogP contribution in [-0.2, 0) is 9.53 Å². The number of amides is 1. The zero-order valence-corrected chi connectivity index (χ0v) is 13.4. The second-order valence-electron chi connectivity index (χ2n) is 6.20. The predicted octanol–water partition coefficient (Wildman–Crippen LogP) is 1.12. The monoisotopic (exact) mass is 285 g/mol. The molecule has 1 aliphatic heterocycles. The molecule has 0 aromatic heterocycles. The number of hydrogen-bond acceptors (Lipinski definition) is 4. The van der Waals surface area contributed by atoms with Crippen LogP contribution in [0.1, 0.15) is 47.0 Å². The SMILES string of the molecule is CCNC(C)(CCCCN1CC(C)OC(C)C1)C(N)=O. The third-order valence-corrected chi connectivity index (χ3v) is 4.01. The van der Waals surface area contributed by atoms with Gasteiger partial charge in [-0.25, -0.2) is 0 Å². The molecule has 3 atom stereocenters. The lowest BCUT2D eigenvalue weighted by atomic mass is 9.94. The van der Waals surface area contributed by atoms with E-state index < -0.39 is 5.54 Å². The minimum Gasteiger partial charge on any atom is -0.373 e. The van der Waals surface area contributed by atoms with E-state index in [0.29, 0.717) is 12.2 Å². The van der Waals surface area contributed by atoms with Gasteiger partial charge in [-0.3, -0.25) is 9.69 Å². The summed E-state index contributed by atoms with van der Waals surface area (Å²) in [5.74, 6) is -0.257. The first-order chi connectivity index (χ1) is 9.37. The highest BCUT2D eigenvalue weighted by molar-refractivity contribution is 5.84. The number of rotatable bonds is 8. The van der Waals surface area contributed by atoms with Crippen molar-refractivity contribution in [3.8, 4) is 0 Å². The van der Waals surface area contributed by atoms with Gasteiger partial charge < -0.3 is 15.8 Å². The van der Waals surface area contributed by atoms with Crippen LogP contribution >= 0.6 is 0 Å². The number of morpholine rings is 1. The minimum atomic E-state index is -0.569. The number of carbonyl (C=O) groups is 1. The number of ether oxygens (including phenoxy) is 1. The van der Waals surface area contributed by atoms with Crippen LogP contribution in [0.4, 0.5) is 0 Å². The summed E-state index contributed by atoms with van der Waals surface area (Å²) < 4.78 is 5.73. The molecule has 1 heterocycles. The molecule has 118 valence electrons. The lowest BCUT2D eigenvalue weighted by Crippen LogP contribution is -2.53. The number of nitrogens with two attached hydrogens (primary N) is 1. The smallest absolute Gasteiger partial charge is 0.237 e. The molecule has 0 aromatic rings. The average molecular weight is 285 g/mol. The Morgan fingerprint density at radius 3 is 2.45 bits per heavy atom. The largest absolute Gasteiger partial charge is 0.373 e. The van der Waals surface area contributed by atoms with Crippen molar-refractivity contribution in [1.82, 2.24) is 10.2 Å². The maximum absolute atomic E-state index is 11.5. The van der Waals surface area contributed by atoms with Gasteiger partial charge in [-0.1, -0.05) is 6.92 Å². The van der Waals surface area contributed by atoms with Crippen molar-refractivity contribution in [3.05, 3.63) is 0 Å². The Balaban J connectivity index is 2.28. The third-order valence-electron chi connectivity index (χ3n) is 4.01. The molecule has 5 heteroatoms. The van der Waals surface area contributed by atoms with Gasteiger partial charge in [0.2, 0.25) is 5.91 Å². The van der Waals surface area contributed by atoms with Gasteiger partial charge in [-0.2, -0.15) is 0 Å². The Bertz CT molecular complexity index is 301. The Morgan fingerprint density at radius 1 is 1.35 bits per heavy atom. The van der Waals surface area contributed by atoms with E-state index in [1.165, 1.54) is 0 Å². The van der Waals surface area contributed by atoms with E-state index in [1.807, 2.05) is 13.8 Å². The molecule has 0 saturated carbocycles. The molecule has 1 aliphatic rings. The Labute approximate surface area is 123 Å². The molecule has 5 nitrogen and oxygen atoms in total. The molecule has 0 radical (unpaired) electrons. The van der Waals surface area contributed by atoms with Crippen LogP contribution in [-0.4, -0.2) is 54.7 Å². The van der Waals surface area contributed by atoms with Crippen molar-refractivity contribution >= 4 is 5.91 Å². The van der Waals surface area contributed by atoms with E-state index in [0.717, 1.165) is 45.4 Å². The van der Waals surface area contributed by atoms with E-state index in [2.05, 4.69) is 24.1 Å². The van der Waals surface area contributed by atoms with E-state index in [4.69, 9.17) is 10.5 Å². The molecule has 0 bridgehead atoms. The van der Waals surface area contributed by atoms with Crippen LogP contribution in [0.3, 0.4) is 0 Å². The van der Waals surface area contributed by atoms with Crippen LogP contribution in [0.25, 0.3) is 0 Å². The molecule has 0 spiro atoms. The summed E-state index contributed by atoms with van der Waals surface area (Å²) in [6.45, 7) is 12.0. The number of nitrogens with zero attached hydrogens (tertiary/aromatic N) is 1. The summed E-state index contributed by atoms with van der Waals surface area (Å²) in [5, 5.41) is 3.20. The molecule has 1 rings (SSSR count). The Morgan fingerprint density at radius 2 is 1.95 bits per heavy atom. The highest BCUT2D eigenvalue weighted by Crippen LogP contribution is 2.15. The van der Waals surface area contributed by atoms with Crippen molar-refractivity contribution in [2.24, 2.45) is 5.73 Å². The summed E-state index contributed by atoms with van der Waals surface area (Å²) in [6, 6.07) is 0. The summed E-state index contributed by atoms with van der Waals surface area (Å²) in [4.78, 5) is 14.0. The van der Waals surface area contributed by atoms with Crippen molar-refractivity contribution < 1.29 is 9.53 Å². The summed E-state index contributed by atoms with van der Waals surface area (Å²) in [6.07, 6.45) is 3.53. The first-order valence-corrected chi connectivity index (χ1v) is 7.80. The van der Waals surface area contributed by atoms with Crippen LogP contribution in [0.15, 0.2) is 0 Å². The number of unbranched alkanes of at least 4 members (excludes halogenated alkanes) is 1. The molecule has 0 aliphatic carbocycles. The first-order valence-electron chi connectivity index (χ1n) is 7.80. The highest BCUT2D eigenvalue weighted by Gasteiger charge is 2.29. The number of primary amides is 1. The number of carbonyl (C=O) groups excluding carboxylic acids is 1. The lowest BCUT2D eigenvalue weighted by Gasteiger charge is -2.35. The lowest BCUT2D eigenvalue weighted by molar-refractivity contribution is -0.124. The third kappa shape index (κ3) is 5.38. The van der Waals surface area contributed by atoms with E-state index in [9.17, 15) is 4.79 Å². The van der Waals surface area contributed by atoms with Gasteiger partial charge in [0.05, 0.1) is 17.7 Å². The summed E-state index contributed by atoms with van der Waals surface area (Å²) >= 11 is 0. The molecule has 0 aromatic carbocycles. The molecular formula is C15H31N3O2. The quantitative estimate of drug-likeness (QED) is 0.656. The van der Waals surface area contributed by atoms with Crippen LogP contribution in [0.2, 0.25) is 0 Å². The van der Waals surface area contributed by atoms with Gasteiger partial charge in [0.25, 0.3) is 0 Å². The van der Waals surface area contributed by atoms with Gasteiger partial charge in [0.15, 0.2) is 0 Å². The molecular weight excluding hydrogens is 254 g/mol. The average Bonchev–Trinajstić information content (AvgIpc) is 2.33. The van der Waals surface area contributed by atoms with Gasteiger partial charge in [0.1, 0.15) is 0 Å². The normalized spacial score (nSPS) is 27.2. The highest BCUT2D eigenvalue weighted by atomic mass is 16.5. The fourth-order valence-corrected chi connectivity index (χ4v) is 2.97. The van der Waals surface area contributed by atoms with Crippen molar-refractivity contribution in [2.45, 2.75) is 64.7 Å².